The summed E-state index contributed by atoms with van der Waals surface area (Å²) < 4.78 is 1.04. The minimum Gasteiger partial charge on any atom is -0.385 e. The maximum Gasteiger partial charge on any atom is 0.0974 e. The fourth-order valence-corrected chi connectivity index (χ4v) is 3.73. The van der Waals surface area contributed by atoms with Crippen molar-refractivity contribution in [2.45, 2.75) is 55.9 Å². The number of allylic oxidation sites excluding steroid dienone is 1. The number of halogens is 2. The van der Waals surface area contributed by atoms with E-state index >= 15 is 0 Å². The van der Waals surface area contributed by atoms with Crippen molar-refractivity contribution in [3.8, 4) is 0 Å². The molecule has 0 radical (unpaired) electrons. The van der Waals surface area contributed by atoms with E-state index in [4.69, 9.17) is 11.6 Å². The van der Waals surface area contributed by atoms with E-state index < -0.39 is 5.60 Å². The van der Waals surface area contributed by atoms with Crippen LogP contribution in [0.3, 0.4) is 0 Å². The van der Waals surface area contributed by atoms with E-state index in [1.54, 1.807) is 0 Å². The van der Waals surface area contributed by atoms with Crippen molar-refractivity contribution >= 4 is 27.5 Å². The molecule has 2 rings (SSSR count). The van der Waals surface area contributed by atoms with Crippen molar-refractivity contribution in [2.75, 3.05) is 0 Å². The van der Waals surface area contributed by atoms with Gasteiger partial charge in [-0.3, -0.25) is 0 Å². The van der Waals surface area contributed by atoms with Crippen LogP contribution >= 0.6 is 27.5 Å². The molecule has 0 aliphatic heterocycles. The Kier molecular flexibility index (Phi) is 3.25. The summed E-state index contributed by atoms with van der Waals surface area (Å²) in [5.41, 5.74) is 0.693. The number of rotatable bonds is 0. The van der Waals surface area contributed by atoms with Gasteiger partial charge in [-0.1, -0.05) is 34.3 Å². The topological polar surface area (TPSA) is 20.2 Å². The molecule has 2 bridgehead atoms. The van der Waals surface area contributed by atoms with E-state index in [2.05, 4.69) is 15.9 Å². The summed E-state index contributed by atoms with van der Waals surface area (Å²) in [6, 6.07) is 0. The Labute approximate surface area is 98.7 Å². The molecule has 2 aliphatic rings. The minimum atomic E-state index is -0.652. The van der Waals surface area contributed by atoms with Crippen molar-refractivity contribution in [3.05, 3.63) is 10.1 Å². The van der Waals surface area contributed by atoms with E-state index in [1.807, 2.05) is 0 Å². The lowest BCUT2D eigenvalue weighted by molar-refractivity contribution is 0.0566. The van der Waals surface area contributed by atoms with E-state index in [0.717, 1.165) is 30.2 Å². The summed E-state index contributed by atoms with van der Waals surface area (Å²) in [4.78, 5) is 0. The predicted octanol–water partition coefficient (Wildman–Crippen LogP) is 3.73. The molecule has 2 aliphatic carbocycles. The zero-order chi connectivity index (χ0) is 10.2. The van der Waals surface area contributed by atoms with Crippen LogP contribution in [0.25, 0.3) is 0 Å². The first-order chi connectivity index (χ1) is 6.62. The zero-order valence-electron chi connectivity index (χ0n) is 8.23. The third-order valence-corrected chi connectivity index (χ3v) is 4.92. The summed E-state index contributed by atoms with van der Waals surface area (Å²) in [5, 5.41) is 10.6. The quantitative estimate of drug-likeness (QED) is 0.670. The molecule has 0 heterocycles. The zero-order valence-corrected chi connectivity index (χ0v) is 10.6. The molecule has 0 aromatic carbocycles. The fraction of sp³-hybridized carbons (Fsp3) is 0.818. The molecule has 1 nitrogen and oxygen atoms in total. The average molecular weight is 280 g/mol. The summed E-state index contributed by atoms with van der Waals surface area (Å²) in [7, 11) is 0. The molecule has 0 aromatic rings. The second-order valence-corrected chi connectivity index (χ2v) is 5.93. The van der Waals surface area contributed by atoms with Crippen LogP contribution in [0.15, 0.2) is 10.1 Å². The number of fused-ring (bicyclic) bond motifs is 1. The summed E-state index contributed by atoms with van der Waals surface area (Å²) in [6.07, 6.45) is 7.21. The van der Waals surface area contributed by atoms with Crippen molar-refractivity contribution < 1.29 is 5.11 Å². The Morgan fingerprint density at radius 3 is 2.93 bits per heavy atom. The largest absolute Gasteiger partial charge is 0.385 e. The first kappa shape index (κ1) is 11.0. The van der Waals surface area contributed by atoms with Crippen LogP contribution in [-0.2, 0) is 0 Å². The number of alkyl halides is 1. The smallest absolute Gasteiger partial charge is 0.0974 e. The van der Waals surface area contributed by atoms with Gasteiger partial charge in [0, 0.05) is 9.86 Å². The predicted molar refractivity (Wildman–Crippen MR) is 62.9 cm³/mol. The molecule has 0 aromatic heterocycles. The highest BCUT2D eigenvalue weighted by Crippen LogP contribution is 2.45. The maximum absolute atomic E-state index is 10.5. The van der Waals surface area contributed by atoms with Crippen LogP contribution in [0.1, 0.15) is 44.9 Å². The normalized spacial score (nSPS) is 39.2. The van der Waals surface area contributed by atoms with Gasteiger partial charge in [-0.2, -0.15) is 0 Å². The van der Waals surface area contributed by atoms with E-state index in [9.17, 15) is 5.11 Å². The second-order valence-electron chi connectivity index (χ2n) is 4.52. The number of aliphatic hydroxyl groups is 1. The number of hydrogen-bond donors (Lipinski definition) is 1. The number of hydrogen-bond acceptors (Lipinski definition) is 1. The van der Waals surface area contributed by atoms with Crippen LogP contribution in [0.5, 0.6) is 0 Å². The fourth-order valence-electron chi connectivity index (χ4n) is 2.57. The SMILES string of the molecule is O[C@]12CCCCCC(=C1Br)C[C@@H](Cl)C2. The summed E-state index contributed by atoms with van der Waals surface area (Å²) in [6.45, 7) is 0. The Balaban J connectivity index is 2.32. The van der Waals surface area contributed by atoms with Gasteiger partial charge >= 0.3 is 0 Å². The third-order valence-electron chi connectivity index (χ3n) is 3.31. The molecule has 0 saturated carbocycles. The van der Waals surface area contributed by atoms with E-state index in [1.165, 1.54) is 18.4 Å². The summed E-state index contributed by atoms with van der Waals surface area (Å²) in [5.74, 6) is 0. The molecule has 0 saturated heterocycles. The van der Waals surface area contributed by atoms with Crippen molar-refractivity contribution in [3.63, 3.8) is 0 Å². The van der Waals surface area contributed by atoms with Crippen molar-refractivity contribution in [2.24, 2.45) is 0 Å². The van der Waals surface area contributed by atoms with Crippen molar-refractivity contribution in [1.82, 2.24) is 0 Å². The lowest BCUT2D eigenvalue weighted by Gasteiger charge is -2.38. The van der Waals surface area contributed by atoms with Gasteiger partial charge in [0.05, 0.1) is 5.60 Å². The minimum absolute atomic E-state index is 0.120. The van der Waals surface area contributed by atoms with Gasteiger partial charge < -0.3 is 5.11 Å². The lowest BCUT2D eigenvalue weighted by Crippen LogP contribution is -2.37. The van der Waals surface area contributed by atoms with E-state index in [0.29, 0.717) is 6.42 Å². The lowest BCUT2D eigenvalue weighted by atomic mass is 9.79. The molecule has 0 unspecified atom stereocenters. The van der Waals surface area contributed by atoms with Crippen LogP contribution in [0, 0.1) is 0 Å². The molecule has 2 atom stereocenters. The average Bonchev–Trinajstić information content (AvgIpc) is 2.12. The molecule has 14 heavy (non-hydrogen) atoms. The Morgan fingerprint density at radius 1 is 1.36 bits per heavy atom. The summed E-state index contributed by atoms with van der Waals surface area (Å²) >= 11 is 9.76. The first-order valence-electron chi connectivity index (χ1n) is 5.36. The highest BCUT2D eigenvalue weighted by Gasteiger charge is 2.39. The van der Waals surface area contributed by atoms with Gasteiger partial charge in [0.25, 0.3) is 0 Å². The first-order valence-corrected chi connectivity index (χ1v) is 6.59. The highest BCUT2D eigenvalue weighted by atomic mass is 79.9. The molecule has 0 fully saturated rings. The molecule has 3 heteroatoms. The second kappa shape index (κ2) is 4.15. The molecular formula is C11H16BrClO. The Hall–Kier alpha value is 0.470. The highest BCUT2D eigenvalue weighted by molar-refractivity contribution is 9.11. The van der Waals surface area contributed by atoms with Crippen LogP contribution in [-0.4, -0.2) is 16.1 Å². The van der Waals surface area contributed by atoms with Crippen LogP contribution in [0.2, 0.25) is 0 Å². The Bertz CT molecular complexity index is 264. The van der Waals surface area contributed by atoms with Gasteiger partial charge in [0.15, 0.2) is 0 Å². The third kappa shape index (κ3) is 2.02. The standard InChI is InChI=1S/C11H16BrClO/c12-10-8-4-2-1-3-5-11(10,14)7-9(13)6-8/h9,14H,1-7H2/t9-,11+/m1/s1. The van der Waals surface area contributed by atoms with Gasteiger partial charge in [0.1, 0.15) is 0 Å². The Morgan fingerprint density at radius 2 is 2.14 bits per heavy atom. The molecule has 1 N–H and O–H groups in total. The molecule has 0 spiro atoms. The van der Waals surface area contributed by atoms with Gasteiger partial charge in [-0.25, -0.2) is 0 Å². The van der Waals surface area contributed by atoms with Gasteiger partial charge in [-0.05, 0) is 32.1 Å². The van der Waals surface area contributed by atoms with Crippen LogP contribution < -0.4 is 0 Å². The van der Waals surface area contributed by atoms with Gasteiger partial charge in [-0.15, -0.1) is 11.6 Å². The van der Waals surface area contributed by atoms with Gasteiger partial charge in [0.2, 0.25) is 0 Å². The maximum atomic E-state index is 10.5. The van der Waals surface area contributed by atoms with Crippen LogP contribution in [0.4, 0.5) is 0 Å². The monoisotopic (exact) mass is 278 g/mol. The molecular weight excluding hydrogens is 263 g/mol. The van der Waals surface area contributed by atoms with Crippen molar-refractivity contribution in [1.29, 1.82) is 0 Å². The molecule has 80 valence electrons. The van der Waals surface area contributed by atoms with E-state index in [-0.39, 0.29) is 5.38 Å². The molecule has 0 amide bonds.